The molecule has 1 fully saturated rings. The van der Waals surface area contributed by atoms with E-state index < -0.39 is 47.6 Å². The van der Waals surface area contributed by atoms with E-state index in [1.54, 1.807) is 0 Å². The lowest BCUT2D eigenvalue weighted by molar-refractivity contribution is -0.155. The van der Waals surface area contributed by atoms with Gasteiger partial charge in [-0.25, -0.2) is 4.98 Å². The van der Waals surface area contributed by atoms with Crippen LogP contribution >= 0.6 is 15.9 Å². The third-order valence-corrected chi connectivity index (χ3v) is 4.46. The standard InChI is InChI=1S/C15H15BrF6N2O3/c1-13(26,7-2-3-7)5-23-11(25)8-4-9(16)12(27-6-14(17,18)19)24-10(8)15(20,21)22/h4,7,26H,2-3,5-6H2,1H3,(H,23,25)/t13-/m0/s1. The molecule has 1 aliphatic rings. The largest absolute Gasteiger partial charge is 0.467 e. The second kappa shape index (κ2) is 7.46. The normalized spacial score (nSPS) is 17.4. The maximum absolute atomic E-state index is 13.2. The lowest BCUT2D eigenvalue weighted by Gasteiger charge is -2.23. The van der Waals surface area contributed by atoms with Gasteiger partial charge >= 0.3 is 12.4 Å². The number of nitrogens with one attached hydrogen (secondary N) is 1. The molecular formula is C15H15BrF6N2O3. The number of carbonyl (C=O) groups is 1. The van der Waals surface area contributed by atoms with Gasteiger partial charge in [0.15, 0.2) is 12.3 Å². The van der Waals surface area contributed by atoms with Crippen molar-refractivity contribution in [2.24, 2.45) is 5.92 Å². The first kappa shape index (κ1) is 21.7. The minimum absolute atomic E-state index is 0.0529. The monoisotopic (exact) mass is 464 g/mol. The molecule has 0 radical (unpaired) electrons. The van der Waals surface area contributed by atoms with E-state index in [0.717, 1.165) is 12.8 Å². The summed E-state index contributed by atoms with van der Waals surface area (Å²) in [4.78, 5) is 15.2. The zero-order chi connectivity index (χ0) is 20.6. The Morgan fingerprint density at radius 3 is 2.41 bits per heavy atom. The van der Waals surface area contributed by atoms with Crippen molar-refractivity contribution in [2.45, 2.75) is 37.7 Å². The van der Waals surface area contributed by atoms with Crippen LogP contribution in [0, 0.1) is 5.92 Å². The highest BCUT2D eigenvalue weighted by molar-refractivity contribution is 9.10. The number of amides is 1. The summed E-state index contributed by atoms with van der Waals surface area (Å²) in [6, 6.07) is 0.683. The van der Waals surface area contributed by atoms with Gasteiger partial charge in [-0.3, -0.25) is 4.79 Å². The van der Waals surface area contributed by atoms with Gasteiger partial charge in [-0.05, 0) is 47.7 Å². The maximum atomic E-state index is 13.2. The highest BCUT2D eigenvalue weighted by Gasteiger charge is 2.42. The number of hydrogen-bond acceptors (Lipinski definition) is 4. The Kier molecular flexibility index (Phi) is 6.00. The Hall–Kier alpha value is -1.56. The molecule has 0 spiro atoms. The van der Waals surface area contributed by atoms with Crippen LogP contribution < -0.4 is 10.1 Å². The summed E-state index contributed by atoms with van der Waals surface area (Å²) in [6.45, 7) is -0.665. The average molecular weight is 465 g/mol. The van der Waals surface area contributed by atoms with E-state index in [0.29, 0.717) is 6.07 Å². The second-order valence-electron chi connectivity index (χ2n) is 6.39. The van der Waals surface area contributed by atoms with Crippen molar-refractivity contribution in [3.05, 3.63) is 21.8 Å². The molecule has 0 aliphatic heterocycles. The van der Waals surface area contributed by atoms with Gasteiger partial charge in [0.1, 0.15) is 0 Å². The van der Waals surface area contributed by atoms with Gasteiger partial charge in [0.05, 0.1) is 15.6 Å². The first-order chi connectivity index (χ1) is 12.2. The van der Waals surface area contributed by atoms with Crippen LogP contribution in [-0.4, -0.2) is 40.9 Å². The number of aliphatic hydroxyl groups is 1. The molecule has 0 unspecified atom stereocenters. The van der Waals surface area contributed by atoms with E-state index in [1.165, 1.54) is 6.92 Å². The number of rotatable bonds is 6. The van der Waals surface area contributed by atoms with Crippen LogP contribution in [0.25, 0.3) is 0 Å². The fourth-order valence-corrected chi connectivity index (χ4v) is 2.75. The van der Waals surface area contributed by atoms with E-state index in [-0.39, 0.29) is 16.9 Å². The van der Waals surface area contributed by atoms with Crippen molar-refractivity contribution in [1.29, 1.82) is 0 Å². The molecule has 0 aromatic carbocycles. The van der Waals surface area contributed by atoms with Gasteiger partial charge < -0.3 is 15.2 Å². The van der Waals surface area contributed by atoms with Crippen LogP contribution in [0.3, 0.4) is 0 Å². The summed E-state index contributed by atoms with van der Waals surface area (Å²) in [5.41, 5.74) is -3.86. The van der Waals surface area contributed by atoms with E-state index in [2.05, 4.69) is 31.0 Å². The lowest BCUT2D eigenvalue weighted by atomic mass is 10.0. The molecule has 1 saturated carbocycles. The quantitative estimate of drug-likeness (QED) is 0.629. The molecular weight excluding hydrogens is 450 g/mol. The molecule has 1 aromatic rings. The molecule has 1 aromatic heterocycles. The van der Waals surface area contributed by atoms with Gasteiger partial charge in [0.25, 0.3) is 5.91 Å². The molecule has 1 aliphatic carbocycles. The smallest absolute Gasteiger partial charge is 0.434 e. The Balaban J connectivity index is 2.26. The molecule has 2 rings (SSSR count). The summed E-state index contributed by atoms with van der Waals surface area (Å²) < 4.78 is 80.2. The van der Waals surface area contributed by atoms with Crippen LogP contribution in [0.4, 0.5) is 26.3 Å². The molecule has 0 saturated heterocycles. The maximum Gasteiger partial charge on any atom is 0.434 e. The molecule has 27 heavy (non-hydrogen) atoms. The fourth-order valence-electron chi connectivity index (χ4n) is 2.32. The van der Waals surface area contributed by atoms with Gasteiger partial charge in [-0.15, -0.1) is 0 Å². The van der Waals surface area contributed by atoms with E-state index in [1.807, 2.05) is 0 Å². The van der Waals surface area contributed by atoms with Gasteiger partial charge in [0.2, 0.25) is 5.88 Å². The van der Waals surface area contributed by atoms with E-state index in [9.17, 15) is 36.2 Å². The first-order valence-electron chi connectivity index (χ1n) is 7.68. The predicted molar refractivity (Wildman–Crippen MR) is 84.2 cm³/mol. The number of nitrogens with zero attached hydrogens (tertiary/aromatic N) is 1. The second-order valence-corrected chi connectivity index (χ2v) is 7.24. The topological polar surface area (TPSA) is 71.5 Å². The van der Waals surface area contributed by atoms with Crippen LogP contribution in [0.15, 0.2) is 10.5 Å². The molecule has 1 amide bonds. The average Bonchev–Trinajstić information content (AvgIpc) is 3.34. The fraction of sp³-hybridized carbons (Fsp3) is 0.600. The van der Waals surface area contributed by atoms with Crippen LogP contribution in [0.1, 0.15) is 35.8 Å². The number of halogens is 7. The number of carbonyl (C=O) groups excluding carboxylic acids is 1. The molecule has 0 bridgehead atoms. The van der Waals surface area contributed by atoms with E-state index >= 15 is 0 Å². The summed E-state index contributed by atoms with van der Waals surface area (Å²) in [5.74, 6) is -2.16. The molecule has 1 heterocycles. The summed E-state index contributed by atoms with van der Waals surface area (Å²) in [5, 5.41) is 12.3. The van der Waals surface area contributed by atoms with Crippen molar-refractivity contribution < 1.29 is 41.0 Å². The summed E-state index contributed by atoms with van der Waals surface area (Å²) >= 11 is 2.76. The van der Waals surface area contributed by atoms with Crippen LogP contribution in [0.2, 0.25) is 0 Å². The Bertz CT molecular complexity index is 717. The predicted octanol–water partition coefficient (Wildman–Crippen LogP) is 3.69. The molecule has 152 valence electrons. The van der Waals surface area contributed by atoms with Crippen molar-refractivity contribution in [1.82, 2.24) is 10.3 Å². The molecule has 12 heteroatoms. The number of ether oxygens (including phenoxy) is 1. The number of alkyl halides is 6. The Labute approximate surface area is 158 Å². The van der Waals surface area contributed by atoms with Crippen molar-refractivity contribution in [2.75, 3.05) is 13.2 Å². The van der Waals surface area contributed by atoms with Gasteiger partial charge in [0, 0.05) is 6.54 Å². The third-order valence-electron chi connectivity index (χ3n) is 3.89. The third kappa shape index (κ3) is 5.96. The lowest BCUT2D eigenvalue weighted by Crippen LogP contribution is -2.42. The van der Waals surface area contributed by atoms with Crippen LogP contribution in [-0.2, 0) is 6.18 Å². The van der Waals surface area contributed by atoms with Gasteiger partial charge in [-0.1, -0.05) is 0 Å². The minimum atomic E-state index is -5.11. The molecule has 5 nitrogen and oxygen atoms in total. The van der Waals surface area contributed by atoms with Crippen molar-refractivity contribution >= 4 is 21.8 Å². The zero-order valence-electron chi connectivity index (χ0n) is 13.8. The highest BCUT2D eigenvalue weighted by Crippen LogP contribution is 2.39. The van der Waals surface area contributed by atoms with E-state index in [4.69, 9.17) is 0 Å². The van der Waals surface area contributed by atoms with Gasteiger partial charge in [-0.2, -0.15) is 26.3 Å². The highest BCUT2D eigenvalue weighted by atomic mass is 79.9. The Morgan fingerprint density at radius 2 is 1.93 bits per heavy atom. The number of hydrogen-bond donors (Lipinski definition) is 2. The zero-order valence-corrected chi connectivity index (χ0v) is 15.4. The molecule has 2 N–H and O–H groups in total. The first-order valence-corrected chi connectivity index (χ1v) is 8.48. The van der Waals surface area contributed by atoms with Crippen molar-refractivity contribution in [3.63, 3.8) is 0 Å². The molecule has 1 atom stereocenters. The summed E-state index contributed by atoms with van der Waals surface area (Å²) in [7, 11) is 0. The summed E-state index contributed by atoms with van der Waals surface area (Å²) in [6.07, 6.45) is -8.39. The Morgan fingerprint density at radius 1 is 1.33 bits per heavy atom. The number of aromatic nitrogens is 1. The van der Waals surface area contributed by atoms with Crippen molar-refractivity contribution in [3.8, 4) is 5.88 Å². The SMILES string of the molecule is C[C@](O)(CNC(=O)c1cc(Br)c(OCC(F)(F)F)nc1C(F)(F)F)C1CC1. The minimum Gasteiger partial charge on any atom is -0.467 e. The number of pyridine rings is 1. The van der Waals surface area contributed by atoms with Crippen LogP contribution in [0.5, 0.6) is 5.88 Å².